The molecule has 0 spiro atoms. The van der Waals surface area contributed by atoms with Gasteiger partial charge in [-0.1, -0.05) is 20.3 Å². The molecule has 1 amide bonds. The molecule has 1 aromatic carbocycles. The number of rotatable bonds is 11. The van der Waals surface area contributed by atoms with Gasteiger partial charge < -0.3 is 20.1 Å². The summed E-state index contributed by atoms with van der Waals surface area (Å²) in [4.78, 5) is 51.6. The van der Waals surface area contributed by atoms with Gasteiger partial charge in [-0.2, -0.15) is 0 Å². The van der Waals surface area contributed by atoms with Gasteiger partial charge in [-0.3, -0.25) is 29.3 Å². The predicted octanol–water partition coefficient (Wildman–Crippen LogP) is 1.66. The number of aromatic nitrogens is 2. The fourth-order valence-corrected chi connectivity index (χ4v) is 3.07. The van der Waals surface area contributed by atoms with Crippen molar-refractivity contribution in [3.05, 3.63) is 49.2 Å². The Morgan fingerprint density at radius 1 is 1.28 bits per heavy atom. The van der Waals surface area contributed by atoms with Gasteiger partial charge in [0, 0.05) is 13.1 Å². The number of aromatic amines is 1. The van der Waals surface area contributed by atoms with E-state index in [1.807, 2.05) is 13.8 Å². The zero-order valence-electron chi connectivity index (χ0n) is 18.3. The molecule has 0 fully saturated rings. The Bertz CT molecular complexity index is 1090. The summed E-state index contributed by atoms with van der Waals surface area (Å²) >= 11 is 0. The first-order valence-electron chi connectivity index (χ1n) is 10.1. The van der Waals surface area contributed by atoms with Crippen LogP contribution in [-0.4, -0.2) is 40.6 Å². The molecule has 0 aliphatic carbocycles. The monoisotopic (exact) mass is 449 g/mol. The molecule has 1 heterocycles. The van der Waals surface area contributed by atoms with E-state index >= 15 is 0 Å². The van der Waals surface area contributed by atoms with E-state index in [4.69, 9.17) is 15.2 Å². The molecular formula is C20H27N5O7. The van der Waals surface area contributed by atoms with Gasteiger partial charge in [0.1, 0.15) is 11.6 Å². The smallest absolute Gasteiger partial charge is 0.330 e. The van der Waals surface area contributed by atoms with E-state index in [-0.39, 0.29) is 41.8 Å². The van der Waals surface area contributed by atoms with Crippen molar-refractivity contribution in [3.63, 3.8) is 0 Å². The average molecular weight is 449 g/mol. The van der Waals surface area contributed by atoms with Crippen molar-refractivity contribution in [1.29, 1.82) is 0 Å². The van der Waals surface area contributed by atoms with E-state index in [0.29, 0.717) is 12.8 Å². The van der Waals surface area contributed by atoms with Gasteiger partial charge in [0.2, 0.25) is 0 Å². The number of hydrogen-bond acceptors (Lipinski definition) is 8. The van der Waals surface area contributed by atoms with Crippen molar-refractivity contribution >= 4 is 23.1 Å². The number of hydrogen-bond donors (Lipinski definition) is 2. The number of nitrogens with zero attached hydrogens (tertiary/aromatic N) is 3. The maximum absolute atomic E-state index is 13.0. The number of nitrogen functional groups attached to an aromatic ring is 1. The fourth-order valence-electron chi connectivity index (χ4n) is 3.07. The summed E-state index contributed by atoms with van der Waals surface area (Å²) < 4.78 is 11.6. The number of methoxy groups -OCH3 is 1. The van der Waals surface area contributed by atoms with Crippen LogP contribution in [0.2, 0.25) is 0 Å². The van der Waals surface area contributed by atoms with E-state index in [0.717, 1.165) is 11.3 Å². The van der Waals surface area contributed by atoms with E-state index in [2.05, 4.69) is 4.98 Å². The summed E-state index contributed by atoms with van der Waals surface area (Å²) in [5, 5.41) is 11.3. The molecule has 174 valence electrons. The van der Waals surface area contributed by atoms with Crippen molar-refractivity contribution in [2.24, 2.45) is 0 Å². The van der Waals surface area contributed by atoms with Crippen LogP contribution in [0.4, 0.5) is 17.2 Å². The highest BCUT2D eigenvalue weighted by Gasteiger charge is 2.25. The Morgan fingerprint density at radius 2 is 2.00 bits per heavy atom. The van der Waals surface area contributed by atoms with Crippen molar-refractivity contribution in [2.45, 2.75) is 39.7 Å². The summed E-state index contributed by atoms with van der Waals surface area (Å²) in [5.74, 6) is -0.627. The second-order valence-corrected chi connectivity index (χ2v) is 6.92. The maximum Gasteiger partial charge on any atom is 0.330 e. The first kappa shape index (κ1) is 24.4. The minimum Gasteiger partial charge on any atom is -0.496 e. The van der Waals surface area contributed by atoms with E-state index < -0.39 is 28.7 Å². The first-order chi connectivity index (χ1) is 15.2. The minimum absolute atomic E-state index is 0.125. The molecule has 0 radical (unpaired) electrons. The quantitative estimate of drug-likeness (QED) is 0.386. The van der Waals surface area contributed by atoms with Crippen LogP contribution in [-0.2, 0) is 11.3 Å². The third kappa shape index (κ3) is 5.45. The van der Waals surface area contributed by atoms with Gasteiger partial charge in [0.05, 0.1) is 18.1 Å². The van der Waals surface area contributed by atoms with Crippen LogP contribution in [0, 0.1) is 10.1 Å². The van der Waals surface area contributed by atoms with Crippen molar-refractivity contribution < 1.29 is 19.2 Å². The van der Waals surface area contributed by atoms with Gasteiger partial charge in [0.25, 0.3) is 11.5 Å². The van der Waals surface area contributed by atoms with Gasteiger partial charge in [-0.15, -0.1) is 0 Å². The van der Waals surface area contributed by atoms with Crippen LogP contribution in [0.15, 0.2) is 27.8 Å². The number of nitro benzene ring substituents is 1. The first-order valence-corrected chi connectivity index (χ1v) is 10.1. The number of nitro groups is 1. The molecule has 1 aromatic heterocycles. The molecule has 0 saturated heterocycles. The third-order valence-electron chi connectivity index (χ3n) is 4.68. The summed E-state index contributed by atoms with van der Waals surface area (Å²) in [5.41, 5.74) is 4.12. The zero-order valence-corrected chi connectivity index (χ0v) is 18.3. The molecule has 0 atom stereocenters. The number of unbranched alkanes of at least 4 members (excludes halogenated alkanes) is 1. The maximum atomic E-state index is 13.0. The normalized spacial score (nSPS) is 10.6. The number of benzene rings is 1. The summed E-state index contributed by atoms with van der Waals surface area (Å²) in [7, 11) is 1.37. The standard InChI is InChI=1S/C20H27N5O7/c1-4-6-10-23(17-18(21)24(9-5-2)20(28)22-19(17)27)16(26)12-32-15-8-7-13(31-3)11-14(15)25(29)30/h7-8,11H,4-6,9-10,12,21H2,1-3H3,(H,22,27,28). The summed E-state index contributed by atoms with van der Waals surface area (Å²) in [6, 6.07) is 3.96. The van der Waals surface area contributed by atoms with Gasteiger partial charge >= 0.3 is 11.4 Å². The number of carbonyl (C=O) groups is 1. The number of carbonyl (C=O) groups excluding carboxylic acids is 1. The van der Waals surface area contributed by atoms with Crippen LogP contribution in [0.5, 0.6) is 11.5 Å². The van der Waals surface area contributed by atoms with Gasteiger partial charge in [-0.05, 0) is 25.0 Å². The lowest BCUT2D eigenvalue weighted by molar-refractivity contribution is -0.385. The van der Waals surface area contributed by atoms with Crippen molar-refractivity contribution in [2.75, 3.05) is 30.9 Å². The zero-order chi connectivity index (χ0) is 23.8. The second kappa shape index (κ2) is 11.0. The van der Waals surface area contributed by atoms with Crippen LogP contribution >= 0.6 is 0 Å². The molecule has 0 saturated carbocycles. The summed E-state index contributed by atoms with van der Waals surface area (Å²) in [6.07, 6.45) is 1.87. The molecule has 2 rings (SSSR count). The number of anilines is 2. The van der Waals surface area contributed by atoms with Crippen molar-refractivity contribution in [1.82, 2.24) is 9.55 Å². The molecule has 0 aliphatic heterocycles. The van der Waals surface area contributed by atoms with Crippen LogP contribution in [0.3, 0.4) is 0 Å². The Labute approximate surface area is 183 Å². The lowest BCUT2D eigenvalue weighted by atomic mass is 10.2. The largest absolute Gasteiger partial charge is 0.496 e. The van der Waals surface area contributed by atoms with E-state index in [9.17, 15) is 24.5 Å². The van der Waals surface area contributed by atoms with Crippen LogP contribution in [0.1, 0.15) is 33.1 Å². The highest BCUT2D eigenvalue weighted by Crippen LogP contribution is 2.31. The number of amides is 1. The van der Waals surface area contributed by atoms with Gasteiger partial charge in [-0.25, -0.2) is 4.79 Å². The molecule has 2 aromatic rings. The molecule has 12 heteroatoms. The molecule has 3 N–H and O–H groups in total. The van der Waals surface area contributed by atoms with E-state index in [1.54, 1.807) is 0 Å². The van der Waals surface area contributed by atoms with Crippen LogP contribution < -0.4 is 31.4 Å². The highest BCUT2D eigenvalue weighted by atomic mass is 16.6. The summed E-state index contributed by atoms with van der Waals surface area (Å²) in [6.45, 7) is 3.58. The van der Waals surface area contributed by atoms with Crippen LogP contribution in [0.25, 0.3) is 0 Å². The highest BCUT2D eigenvalue weighted by molar-refractivity contribution is 5.96. The molecule has 0 bridgehead atoms. The Morgan fingerprint density at radius 3 is 2.59 bits per heavy atom. The Kier molecular flexibility index (Phi) is 8.38. The average Bonchev–Trinajstić information content (AvgIpc) is 2.76. The molecule has 12 nitrogen and oxygen atoms in total. The minimum atomic E-state index is -0.792. The lowest BCUT2D eigenvalue weighted by Gasteiger charge is -2.24. The lowest BCUT2D eigenvalue weighted by Crippen LogP contribution is -2.43. The SMILES string of the molecule is CCCCN(C(=O)COc1ccc(OC)cc1[N+](=O)[O-])c1c(N)n(CCC)c(=O)[nH]c1=O. The molecule has 0 unspecified atom stereocenters. The number of H-pyrrole nitrogens is 1. The third-order valence-corrected chi connectivity index (χ3v) is 4.68. The topological polar surface area (TPSA) is 163 Å². The van der Waals surface area contributed by atoms with Gasteiger partial charge in [0.15, 0.2) is 18.0 Å². The fraction of sp³-hybridized carbons (Fsp3) is 0.450. The van der Waals surface area contributed by atoms with E-state index in [1.165, 1.54) is 29.9 Å². The number of ether oxygens (including phenoxy) is 2. The Balaban J connectivity index is 2.39. The molecular weight excluding hydrogens is 422 g/mol. The Hall–Kier alpha value is -3.83. The predicted molar refractivity (Wildman–Crippen MR) is 118 cm³/mol. The number of nitrogens with one attached hydrogen (secondary N) is 1. The molecule has 32 heavy (non-hydrogen) atoms. The number of nitrogens with two attached hydrogens (primary N) is 1. The van der Waals surface area contributed by atoms with Crippen molar-refractivity contribution in [3.8, 4) is 11.5 Å². The molecule has 0 aliphatic rings. The second-order valence-electron chi connectivity index (χ2n) is 6.92.